The van der Waals surface area contributed by atoms with Crippen LogP contribution in [0.1, 0.15) is 49.3 Å². The summed E-state index contributed by atoms with van der Waals surface area (Å²) in [5.41, 5.74) is 1.49. The number of hydrogen-bond donors (Lipinski definition) is 2. The van der Waals surface area contributed by atoms with Gasteiger partial charge in [0.2, 0.25) is 5.91 Å². The van der Waals surface area contributed by atoms with Gasteiger partial charge in [-0.25, -0.2) is 4.98 Å². The zero-order valence-corrected chi connectivity index (χ0v) is 18.0. The normalized spacial score (nSPS) is 16.5. The number of anilines is 1. The van der Waals surface area contributed by atoms with E-state index >= 15 is 0 Å². The van der Waals surface area contributed by atoms with Gasteiger partial charge in [0.05, 0.1) is 44.7 Å². The van der Waals surface area contributed by atoms with Gasteiger partial charge in [-0.2, -0.15) is 0 Å². The smallest absolute Gasteiger partial charge is 0.233 e. The number of nitrogens with zero attached hydrogens (tertiary/aromatic N) is 2. The van der Waals surface area contributed by atoms with Gasteiger partial charge >= 0.3 is 0 Å². The van der Waals surface area contributed by atoms with Crippen LogP contribution < -0.4 is 5.32 Å². The van der Waals surface area contributed by atoms with Gasteiger partial charge in [-0.1, -0.05) is 43.4 Å². The first-order valence-electron chi connectivity index (χ1n) is 9.83. The van der Waals surface area contributed by atoms with Crippen molar-refractivity contribution in [2.75, 3.05) is 18.2 Å². The summed E-state index contributed by atoms with van der Waals surface area (Å²) in [7, 11) is -1.18. The number of aliphatic hydroxyl groups excluding tert-OH is 1. The third-order valence-electron chi connectivity index (χ3n) is 5.35. The lowest BCUT2D eigenvalue weighted by Crippen LogP contribution is -2.24. The van der Waals surface area contributed by atoms with Crippen molar-refractivity contribution in [3.05, 3.63) is 46.9 Å². The molecule has 1 aliphatic carbocycles. The maximum atomic E-state index is 13.1. The molecule has 1 aromatic carbocycles. The molecule has 2 aromatic rings. The maximum Gasteiger partial charge on any atom is 0.233 e. The van der Waals surface area contributed by atoms with Crippen molar-refractivity contribution < 1.29 is 14.1 Å². The Hall–Kier alpha value is -1.83. The van der Waals surface area contributed by atoms with E-state index in [2.05, 4.69) is 15.3 Å². The van der Waals surface area contributed by atoms with Crippen molar-refractivity contribution in [1.29, 1.82) is 0 Å². The molecule has 1 aliphatic rings. The first-order chi connectivity index (χ1) is 14.0. The van der Waals surface area contributed by atoms with Crippen molar-refractivity contribution in [2.45, 2.75) is 49.3 Å². The van der Waals surface area contributed by atoms with Gasteiger partial charge in [-0.15, -0.1) is 0 Å². The van der Waals surface area contributed by atoms with Crippen LogP contribution in [0.15, 0.2) is 35.5 Å². The Bertz CT molecular complexity index is 870. The number of carbonyl (C=O) groups is 1. The molecule has 0 bridgehead atoms. The number of aromatic nitrogens is 2. The van der Waals surface area contributed by atoms with Crippen molar-refractivity contribution in [2.24, 2.45) is 5.92 Å². The number of amides is 1. The quantitative estimate of drug-likeness (QED) is 0.659. The zero-order valence-electron chi connectivity index (χ0n) is 16.4. The second-order valence-corrected chi connectivity index (χ2v) is 9.19. The summed E-state index contributed by atoms with van der Waals surface area (Å²) in [6.45, 7) is 0.00313. The van der Waals surface area contributed by atoms with Crippen LogP contribution in [0.4, 0.5) is 5.82 Å². The van der Waals surface area contributed by atoms with E-state index in [0.29, 0.717) is 33.8 Å². The molecule has 3 rings (SSSR count). The highest BCUT2D eigenvalue weighted by Crippen LogP contribution is 2.36. The van der Waals surface area contributed by atoms with Crippen LogP contribution in [-0.2, 0) is 22.0 Å². The zero-order chi connectivity index (χ0) is 20.8. The average Bonchev–Trinajstić information content (AvgIpc) is 3.20. The van der Waals surface area contributed by atoms with E-state index in [1.807, 2.05) is 6.07 Å². The van der Waals surface area contributed by atoms with Gasteiger partial charge in [0.25, 0.3) is 0 Å². The number of benzene rings is 1. The second kappa shape index (κ2) is 10.3. The summed E-state index contributed by atoms with van der Waals surface area (Å²) in [5, 5.41) is 12.3. The van der Waals surface area contributed by atoms with Crippen molar-refractivity contribution in [1.82, 2.24) is 9.97 Å². The van der Waals surface area contributed by atoms with Gasteiger partial charge in [-0.05, 0) is 30.0 Å². The number of rotatable bonds is 8. The summed E-state index contributed by atoms with van der Waals surface area (Å²) >= 11 is 6.33. The molecule has 1 amide bonds. The molecule has 0 radical (unpaired) electrons. The molecule has 1 saturated carbocycles. The molecule has 2 unspecified atom stereocenters. The lowest BCUT2D eigenvalue weighted by molar-refractivity contribution is -0.118. The third-order valence-corrected chi connectivity index (χ3v) is 6.75. The van der Waals surface area contributed by atoms with Crippen molar-refractivity contribution in [3.63, 3.8) is 0 Å². The highest BCUT2D eigenvalue weighted by Gasteiger charge is 2.27. The van der Waals surface area contributed by atoms with Gasteiger partial charge in [0.1, 0.15) is 0 Å². The molecule has 8 heteroatoms. The van der Waals surface area contributed by atoms with E-state index in [1.165, 1.54) is 19.0 Å². The summed E-state index contributed by atoms with van der Waals surface area (Å²) in [6.07, 6.45) is 10.5. The van der Waals surface area contributed by atoms with Gasteiger partial charge < -0.3 is 10.4 Å². The Morgan fingerprint density at radius 2 is 2.07 bits per heavy atom. The fourth-order valence-electron chi connectivity index (χ4n) is 3.82. The molecule has 0 spiro atoms. The van der Waals surface area contributed by atoms with Gasteiger partial charge in [-0.3, -0.25) is 14.0 Å². The van der Waals surface area contributed by atoms with Crippen LogP contribution in [0, 0.1) is 5.92 Å². The molecule has 2 N–H and O–H groups in total. The molecule has 1 heterocycles. The molecule has 1 fully saturated rings. The number of aliphatic hydroxyl groups is 1. The van der Waals surface area contributed by atoms with E-state index in [9.17, 15) is 9.00 Å². The lowest BCUT2D eigenvalue weighted by Gasteiger charge is -2.21. The van der Waals surface area contributed by atoms with Crippen LogP contribution in [0.25, 0.3) is 0 Å². The highest BCUT2D eigenvalue weighted by molar-refractivity contribution is 7.84. The predicted molar refractivity (Wildman–Crippen MR) is 115 cm³/mol. The molecule has 6 nitrogen and oxygen atoms in total. The molecule has 156 valence electrons. The standard InChI is InChI=1S/C21H26ClN3O3S/c1-29(28)19-7-6-15(11-18(19)22)17(10-14-4-2-3-5-14)21(27)25-20-13-23-16(8-9-26)12-24-20/h6-7,11-14,17,26H,2-5,8-10H2,1H3,(H,24,25,27). The maximum absolute atomic E-state index is 13.1. The minimum Gasteiger partial charge on any atom is -0.396 e. The van der Waals surface area contributed by atoms with Crippen molar-refractivity contribution >= 4 is 34.1 Å². The summed E-state index contributed by atoms with van der Waals surface area (Å²) in [5.74, 6) is 0.365. The third kappa shape index (κ3) is 5.84. The van der Waals surface area contributed by atoms with Crippen LogP contribution in [0.2, 0.25) is 5.02 Å². The summed E-state index contributed by atoms with van der Waals surface area (Å²) in [6, 6.07) is 5.34. The Morgan fingerprint density at radius 3 is 2.66 bits per heavy atom. The van der Waals surface area contributed by atoms with Crippen molar-refractivity contribution in [3.8, 4) is 0 Å². The fourth-order valence-corrected chi connectivity index (χ4v) is 4.93. The van der Waals surface area contributed by atoms with Crippen LogP contribution >= 0.6 is 11.6 Å². The lowest BCUT2D eigenvalue weighted by atomic mass is 9.87. The number of carbonyl (C=O) groups excluding carboxylic acids is 1. The molecule has 1 aromatic heterocycles. The number of hydrogen-bond acceptors (Lipinski definition) is 5. The first kappa shape index (κ1) is 21.9. The molecule has 2 atom stereocenters. The predicted octanol–water partition coefficient (Wildman–Crippen LogP) is 3.70. The number of nitrogens with one attached hydrogen (secondary N) is 1. The molecular weight excluding hydrogens is 410 g/mol. The first-order valence-corrected chi connectivity index (χ1v) is 11.8. The molecule has 0 aliphatic heterocycles. The Morgan fingerprint density at radius 1 is 1.31 bits per heavy atom. The molecule has 0 saturated heterocycles. The van der Waals surface area contributed by atoms with Crippen LogP contribution in [0.5, 0.6) is 0 Å². The van der Waals surface area contributed by atoms with E-state index in [4.69, 9.17) is 16.7 Å². The van der Waals surface area contributed by atoms with Gasteiger partial charge in [0.15, 0.2) is 5.82 Å². The van der Waals surface area contributed by atoms with Crippen LogP contribution in [-0.4, -0.2) is 38.1 Å². The Labute approximate surface area is 178 Å². The summed E-state index contributed by atoms with van der Waals surface area (Å²) in [4.78, 5) is 22.1. The Kier molecular flexibility index (Phi) is 7.75. The fraction of sp³-hybridized carbons (Fsp3) is 0.476. The molecule has 29 heavy (non-hydrogen) atoms. The topological polar surface area (TPSA) is 92.2 Å². The molecular formula is C21H26ClN3O3S. The largest absolute Gasteiger partial charge is 0.396 e. The minimum absolute atomic E-state index is 0.00313. The highest BCUT2D eigenvalue weighted by atomic mass is 35.5. The van der Waals surface area contributed by atoms with E-state index < -0.39 is 10.8 Å². The second-order valence-electron chi connectivity index (χ2n) is 7.44. The average molecular weight is 436 g/mol. The Balaban J connectivity index is 1.81. The SMILES string of the molecule is CS(=O)c1ccc(C(CC2CCCC2)C(=O)Nc2cnc(CCO)cn2)cc1Cl. The number of halogens is 1. The van der Waals surface area contributed by atoms with E-state index in [1.54, 1.807) is 24.6 Å². The van der Waals surface area contributed by atoms with E-state index in [-0.39, 0.29) is 18.4 Å². The monoisotopic (exact) mass is 435 g/mol. The van der Waals surface area contributed by atoms with Gasteiger partial charge in [0, 0.05) is 19.3 Å². The summed E-state index contributed by atoms with van der Waals surface area (Å²) < 4.78 is 11.8. The van der Waals surface area contributed by atoms with E-state index in [0.717, 1.165) is 24.8 Å². The minimum atomic E-state index is -1.18. The van der Waals surface area contributed by atoms with Crippen LogP contribution in [0.3, 0.4) is 0 Å².